The van der Waals surface area contributed by atoms with Crippen LogP contribution < -0.4 is 68.9 Å². The van der Waals surface area contributed by atoms with Crippen LogP contribution in [-0.4, -0.2) is 16.8 Å². The molecule has 0 aliphatic heterocycles. The van der Waals surface area contributed by atoms with Crippen molar-refractivity contribution in [1.29, 1.82) is 0 Å². The first-order valence-electron chi connectivity index (χ1n) is 8.17. The minimum absolute atomic E-state index is 0. The van der Waals surface area contributed by atoms with E-state index in [1.165, 1.54) is 0 Å². The summed E-state index contributed by atoms with van der Waals surface area (Å²) in [7, 11) is -12.1. The van der Waals surface area contributed by atoms with E-state index in [0.29, 0.717) is 0 Å². The van der Waals surface area contributed by atoms with Crippen molar-refractivity contribution >= 4 is 20.0 Å². The monoisotopic (exact) mass is 701 g/mol. The maximum atomic E-state index is 12.9. The first kappa shape index (κ1) is 33.5. The van der Waals surface area contributed by atoms with Gasteiger partial charge in [-0.2, -0.15) is 52.7 Å². The van der Waals surface area contributed by atoms with Gasteiger partial charge in [0.05, 0.1) is 32.0 Å². The van der Waals surface area contributed by atoms with E-state index in [2.05, 4.69) is 0 Å². The summed E-state index contributed by atoms with van der Waals surface area (Å²) >= 11 is 0. The van der Waals surface area contributed by atoms with E-state index < -0.39 is 113 Å². The zero-order chi connectivity index (χ0) is 27.4. The Kier molecular flexibility index (Phi) is 9.86. The molecule has 196 valence electrons. The molecule has 0 radical (unpaired) electrons. The molecule has 0 aromatic heterocycles. The molecule has 0 fully saturated rings. The Morgan fingerprint density at radius 1 is 0.444 bits per heavy atom. The van der Waals surface area contributed by atoms with Crippen LogP contribution in [0.4, 0.5) is 52.7 Å². The van der Waals surface area contributed by atoms with Gasteiger partial charge in [0.25, 0.3) is 0 Å². The molecule has 0 unspecified atom stereocenters. The van der Waals surface area contributed by atoms with E-state index >= 15 is 0 Å². The average molecular weight is 701 g/mol. The topological polar surface area (TPSA) is 82.4 Å². The molecule has 20 heteroatoms. The largest absolute Gasteiger partial charge is 1.00 e. The summed E-state index contributed by atoms with van der Waals surface area (Å²) in [6, 6.07) is -2.83. The molecule has 0 saturated carbocycles. The molecule has 2 aromatic rings. The molecule has 0 aliphatic rings. The molecule has 0 amide bonds. The van der Waals surface area contributed by atoms with E-state index in [9.17, 15) is 69.5 Å². The van der Waals surface area contributed by atoms with Crippen LogP contribution in [0.1, 0.15) is 22.3 Å². The average Bonchev–Trinajstić information content (AvgIpc) is 2.63. The summed E-state index contributed by atoms with van der Waals surface area (Å²) in [5.41, 5.74) is -8.84. The number of hydrogen-bond donors (Lipinski definition) is 0. The van der Waals surface area contributed by atoms with Gasteiger partial charge >= 0.3 is 93.6 Å². The molecule has 36 heavy (non-hydrogen) atoms. The van der Waals surface area contributed by atoms with Gasteiger partial charge in [-0.05, 0) is 36.4 Å². The number of sulfonamides is 2. The molecule has 0 spiro atoms. The second-order valence-corrected chi connectivity index (χ2v) is 9.95. The summed E-state index contributed by atoms with van der Waals surface area (Å²) < 4.78 is 206. The van der Waals surface area contributed by atoms with Crippen LogP contribution in [0.2, 0.25) is 0 Å². The summed E-state index contributed by atoms with van der Waals surface area (Å²) in [5.74, 6) is 0. The quantitative estimate of drug-likeness (QED) is 0.459. The molecule has 0 saturated heterocycles. The van der Waals surface area contributed by atoms with Crippen LogP contribution in [0.5, 0.6) is 0 Å². The second kappa shape index (κ2) is 10.6. The molecular weight excluding hydrogens is 695 g/mol. The number of rotatable bonds is 4. The van der Waals surface area contributed by atoms with Crippen molar-refractivity contribution in [3.8, 4) is 0 Å². The zero-order valence-electron chi connectivity index (χ0n) is 16.9. The second-order valence-electron chi connectivity index (χ2n) is 6.51. The Morgan fingerprint density at radius 3 is 0.806 bits per heavy atom. The van der Waals surface area contributed by atoms with Crippen molar-refractivity contribution in [2.75, 3.05) is 0 Å². The van der Waals surface area contributed by atoms with Gasteiger partial charge in [-0.15, -0.1) is 0 Å². The molecule has 2 aromatic carbocycles. The molecule has 0 heterocycles. The summed E-state index contributed by atoms with van der Waals surface area (Å²) in [6.07, 6.45) is -22.3. The fourth-order valence-corrected chi connectivity index (χ4v) is 5.19. The number of alkyl halides is 12. The Hall–Kier alpha value is -0.488. The van der Waals surface area contributed by atoms with Crippen LogP contribution >= 0.6 is 0 Å². The SMILES string of the molecule is O=S(=O)([N-]S(=O)(=O)c1cc(C(F)(F)F)cc(C(F)(F)F)c1)c1cc(C(F)(F)F)cc(C(F)(F)F)c1.[Cs+]. The van der Waals surface area contributed by atoms with E-state index in [1.807, 2.05) is 4.13 Å². The van der Waals surface area contributed by atoms with Crippen LogP contribution in [0, 0.1) is 0 Å². The Morgan fingerprint density at radius 2 is 0.639 bits per heavy atom. The molecule has 0 bridgehead atoms. The normalized spacial score (nSPS) is 13.9. The molecule has 0 aliphatic carbocycles. The van der Waals surface area contributed by atoms with Crippen LogP contribution in [0.3, 0.4) is 0 Å². The van der Waals surface area contributed by atoms with Crippen LogP contribution in [0.15, 0.2) is 46.2 Å². The third kappa shape index (κ3) is 8.25. The number of nitrogens with zero attached hydrogens (tertiary/aromatic N) is 1. The number of hydrogen-bond acceptors (Lipinski definition) is 4. The van der Waals surface area contributed by atoms with Gasteiger partial charge in [0.15, 0.2) is 0 Å². The summed E-state index contributed by atoms with van der Waals surface area (Å²) in [4.78, 5) is -3.99. The zero-order valence-corrected chi connectivity index (χ0v) is 24.8. The van der Waals surface area contributed by atoms with Gasteiger partial charge in [-0.1, -0.05) is 0 Å². The van der Waals surface area contributed by atoms with Crippen LogP contribution in [0.25, 0.3) is 4.13 Å². The first-order valence-corrected chi connectivity index (χ1v) is 11.1. The van der Waals surface area contributed by atoms with Gasteiger partial charge < -0.3 is 4.13 Å². The molecule has 2 rings (SSSR count). The Bertz CT molecular complexity index is 1180. The predicted octanol–water partition coefficient (Wildman–Crippen LogP) is 3.22. The predicted molar refractivity (Wildman–Crippen MR) is 90.6 cm³/mol. The van der Waals surface area contributed by atoms with E-state index in [-0.39, 0.29) is 68.9 Å². The smallest absolute Gasteiger partial charge is 0.428 e. The molecule has 0 atom stereocenters. The maximum absolute atomic E-state index is 12.9. The van der Waals surface area contributed by atoms with Gasteiger partial charge in [0, 0.05) is 0 Å². The fourth-order valence-electron chi connectivity index (χ4n) is 2.37. The maximum Gasteiger partial charge on any atom is 1.00 e. The van der Waals surface area contributed by atoms with Crippen LogP contribution in [-0.2, 0) is 44.8 Å². The number of halogens is 12. The van der Waals surface area contributed by atoms with Crippen molar-refractivity contribution < 1.29 is 138 Å². The molecule has 5 nitrogen and oxygen atoms in total. The van der Waals surface area contributed by atoms with E-state index in [0.717, 1.165) is 0 Å². The van der Waals surface area contributed by atoms with Crippen molar-refractivity contribution in [3.05, 3.63) is 62.8 Å². The van der Waals surface area contributed by atoms with Gasteiger partial charge in [-0.25, -0.2) is 16.8 Å². The fraction of sp³-hybridized carbons (Fsp3) is 0.250. The first-order chi connectivity index (χ1) is 15.3. The summed E-state index contributed by atoms with van der Waals surface area (Å²) in [6.45, 7) is 0. The minimum Gasteiger partial charge on any atom is -0.428 e. The minimum atomic E-state index is -6.05. The molecular formula is C16H6CsF12NO4S2. The van der Waals surface area contributed by atoms with E-state index in [1.54, 1.807) is 0 Å². The van der Waals surface area contributed by atoms with Crippen molar-refractivity contribution in [3.63, 3.8) is 0 Å². The Balaban J connectivity index is 0.00000648. The third-order valence-corrected chi connectivity index (χ3v) is 7.15. The van der Waals surface area contributed by atoms with Gasteiger partial charge in [0.2, 0.25) is 0 Å². The number of benzene rings is 2. The van der Waals surface area contributed by atoms with Gasteiger partial charge in [0.1, 0.15) is 20.0 Å². The van der Waals surface area contributed by atoms with Crippen molar-refractivity contribution in [2.24, 2.45) is 0 Å². The van der Waals surface area contributed by atoms with E-state index in [4.69, 9.17) is 0 Å². The molecule has 0 N–H and O–H groups in total. The van der Waals surface area contributed by atoms with Gasteiger partial charge in [-0.3, -0.25) is 0 Å². The third-order valence-electron chi connectivity index (χ3n) is 3.91. The summed E-state index contributed by atoms with van der Waals surface area (Å²) in [5, 5.41) is 0. The van der Waals surface area contributed by atoms with Crippen molar-refractivity contribution in [1.82, 2.24) is 0 Å². The van der Waals surface area contributed by atoms with Crippen molar-refractivity contribution in [2.45, 2.75) is 34.5 Å². The standard InChI is InChI=1S/C16H6F12NO4S2.Cs/c17-13(18,19)7-1-8(14(20,21)22)4-11(3-7)34(30,31)29-35(32,33)12-5-9(15(23,24)25)2-10(6-12)16(26,27)28;/h1-6H;/q-1;+1. The Labute approximate surface area is 252 Å².